The van der Waals surface area contributed by atoms with Crippen molar-refractivity contribution in [2.24, 2.45) is 0 Å². The number of amides is 2. The molecule has 1 N–H and O–H groups in total. The van der Waals surface area contributed by atoms with Crippen LogP contribution in [0.3, 0.4) is 0 Å². The fourth-order valence-corrected chi connectivity index (χ4v) is 3.86. The van der Waals surface area contributed by atoms with Gasteiger partial charge in [-0.15, -0.1) is 5.10 Å². The third-order valence-electron chi connectivity index (χ3n) is 5.09. The van der Waals surface area contributed by atoms with Crippen molar-refractivity contribution in [2.45, 2.75) is 31.5 Å². The number of rotatable bonds is 8. The van der Waals surface area contributed by atoms with Crippen LogP contribution in [-0.2, 0) is 11.3 Å². The molecule has 1 atom stereocenters. The summed E-state index contributed by atoms with van der Waals surface area (Å²) in [5.74, 6) is -0.523. The molecule has 0 radical (unpaired) electrons. The number of aromatic nitrogens is 2. The average Bonchev–Trinajstić information content (AvgIpc) is 3.48. The van der Waals surface area contributed by atoms with E-state index in [1.54, 1.807) is 40.6 Å². The van der Waals surface area contributed by atoms with Gasteiger partial charge in [0.2, 0.25) is 5.91 Å². The highest BCUT2D eigenvalue weighted by atomic mass is 32.1. The van der Waals surface area contributed by atoms with E-state index >= 15 is 0 Å². The van der Waals surface area contributed by atoms with Crippen molar-refractivity contribution in [3.8, 4) is 5.75 Å². The summed E-state index contributed by atoms with van der Waals surface area (Å²) in [6.45, 7) is 0.204. The van der Waals surface area contributed by atoms with Gasteiger partial charge in [0, 0.05) is 23.5 Å². The number of halogens is 1. The molecule has 0 spiro atoms. The summed E-state index contributed by atoms with van der Waals surface area (Å²) in [5.41, 5.74) is 1.55. The molecule has 1 aromatic heterocycles. The molecular weight excluding hydrogens is 419 g/mol. The van der Waals surface area contributed by atoms with Crippen molar-refractivity contribution in [2.75, 3.05) is 7.11 Å². The van der Waals surface area contributed by atoms with Crippen LogP contribution in [0.25, 0.3) is 0 Å². The smallest absolute Gasteiger partial charge is 0.276 e. The van der Waals surface area contributed by atoms with Gasteiger partial charge in [0.1, 0.15) is 17.6 Å². The molecule has 0 saturated heterocycles. The summed E-state index contributed by atoms with van der Waals surface area (Å²) >= 11 is 1.09. The second kappa shape index (κ2) is 9.22. The van der Waals surface area contributed by atoms with Crippen molar-refractivity contribution in [1.82, 2.24) is 19.8 Å². The summed E-state index contributed by atoms with van der Waals surface area (Å²) in [5, 5.41) is 8.37. The lowest BCUT2D eigenvalue weighted by Gasteiger charge is -2.31. The van der Waals surface area contributed by atoms with Crippen molar-refractivity contribution >= 4 is 23.3 Å². The van der Waals surface area contributed by atoms with E-state index in [2.05, 4.69) is 14.9 Å². The Morgan fingerprint density at radius 3 is 2.61 bits per heavy atom. The molecule has 1 aliphatic rings. The first-order chi connectivity index (χ1) is 15.1. The van der Waals surface area contributed by atoms with E-state index in [4.69, 9.17) is 4.74 Å². The third-order valence-corrected chi connectivity index (χ3v) is 5.60. The van der Waals surface area contributed by atoms with E-state index in [0.29, 0.717) is 11.3 Å². The van der Waals surface area contributed by atoms with Gasteiger partial charge in [0.15, 0.2) is 5.69 Å². The number of hydrogen-bond acceptors (Lipinski definition) is 6. The zero-order valence-corrected chi connectivity index (χ0v) is 17.6. The van der Waals surface area contributed by atoms with Gasteiger partial charge in [-0.1, -0.05) is 34.8 Å². The number of methoxy groups -OCH3 is 1. The van der Waals surface area contributed by atoms with Gasteiger partial charge in [-0.2, -0.15) is 0 Å². The summed E-state index contributed by atoms with van der Waals surface area (Å²) in [7, 11) is 1.53. The Bertz CT molecular complexity index is 1050. The molecule has 9 heteroatoms. The lowest BCUT2D eigenvalue weighted by atomic mass is 10.0. The van der Waals surface area contributed by atoms with Crippen LogP contribution < -0.4 is 10.1 Å². The normalized spacial score (nSPS) is 14.0. The topological polar surface area (TPSA) is 84.4 Å². The molecule has 0 unspecified atom stereocenters. The summed E-state index contributed by atoms with van der Waals surface area (Å²) in [6.07, 6.45) is 1.61. The van der Waals surface area contributed by atoms with E-state index in [1.807, 2.05) is 6.07 Å². The van der Waals surface area contributed by atoms with Gasteiger partial charge >= 0.3 is 0 Å². The minimum Gasteiger partial charge on any atom is -0.496 e. The van der Waals surface area contributed by atoms with Gasteiger partial charge in [-0.3, -0.25) is 9.59 Å². The number of nitrogens with one attached hydrogen (secondary N) is 1. The molecular formula is C22H21FN4O3S. The largest absolute Gasteiger partial charge is 0.496 e. The number of hydrogen-bond donors (Lipinski definition) is 1. The lowest BCUT2D eigenvalue weighted by Crippen LogP contribution is -2.45. The quantitative estimate of drug-likeness (QED) is 0.581. The first-order valence-electron chi connectivity index (χ1n) is 9.83. The van der Waals surface area contributed by atoms with E-state index in [0.717, 1.165) is 29.9 Å². The number of ether oxygens (including phenoxy) is 1. The highest BCUT2D eigenvalue weighted by Gasteiger charge is 2.43. The first-order valence-corrected chi connectivity index (χ1v) is 10.7. The number of nitrogens with zero attached hydrogens (tertiary/aromatic N) is 3. The highest BCUT2D eigenvalue weighted by molar-refractivity contribution is 7.03. The highest BCUT2D eigenvalue weighted by Crippen LogP contribution is 2.38. The first kappa shape index (κ1) is 20.9. The maximum atomic E-state index is 13.4. The lowest BCUT2D eigenvalue weighted by molar-refractivity contribution is -0.126. The fourth-order valence-electron chi connectivity index (χ4n) is 3.43. The Kier molecular flexibility index (Phi) is 6.22. The van der Waals surface area contributed by atoms with E-state index in [9.17, 15) is 14.0 Å². The molecule has 31 heavy (non-hydrogen) atoms. The van der Waals surface area contributed by atoms with Crippen LogP contribution in [0, 0.1) is 5.82 Å². The number of carbonyl (C=O) groups is 2. The van der Waals surface area contributed by atoms with Crippen molar-refractivity contribution in [3.63, 3.8) is 0 Å². The zero-order valence-electron chi connectivity index (χ0n) is 16.8. The molecule has 0 aliphatic heterocycles. The van der Waals surface area contributed by atoms with Gasteiger partial charge in [-0.05, 0) is 48.1 Å². The maximum Gasteiger partial charge on any atom is 0.276 e. The molecule has 1 heterocycles. The second-order valence-corrected chi connectivity index (χ2v) is 7.83. The number of para-hydroxylation sites is 1. The molecule has 1 saturated carbocycles. The van der Waals surface area contributed by atoms with E-state index < -0.39 is 6.04 Å². The van der Waals surface area contributed by atoms with Crippen molar-refractivity contribution in [3.05, 3.63) is 76.5 Å². The number of benzene rings is 2. The second-order valence-electron chi connectivity index (χ2n) is 7.22. The monoisotopic (exact) mass is 440 g/mol. The van der Waals surface area contributed by atoms with Crippen LogP contribution in [0.4, 0.5) is 4.39 Å². The fraction of sp³-hybridized carbons (Fsp3) is 0.273. The SMILES string of the molecule is COc1ccccc1[C@@H](C(=O)NCc1ccc(F)cc1)N(C(=O)c1csnn1)C1CC1. The predicted octanol–water partition coefficient (Wildman–Crippen LogP) is 3.35. The Labute approximate surface area is 183 Å². The molecule has 4 rings (SSSR count). The van der Waals surface area contributed by atoms with Crippen LogP contribution >= 0.6 is 11.5 Å². The molecule has 0 bridgehead atoms. The molecule has 1 fully saturated rings. The zero-order chi connectivity index (χ0) is 21.8. The molecule has 160 valence electrons. The van der Waals surface area contributed by atoms with E-state index in [-0.39, 0.29) is 35.9 Å². The molecule has 3 aromatic rings. The average molecular weight is 441 g/mol. The Balaban J connectivity index is 1.67. The van der Waals surface area contributed by atoms with Crippen molar-refractivity contribution < 1.29 is 18.7 Å². The predicted molar refractivity (Wildman–Crippen MR) is 113 cm³/mol. The van der Waals surface area contributed by atoms with Crippen LogP contribution in [-0.4, -0.2) is 39.5 Å². The summed E-state index contributed by atoms with van der Waals surface area (Å²) in [4.78, 5) is 28.3. The number of carbonyl (C=O) groups excluding carboxylic acids is 2. The Morgan fingerprint density at radius 2 is 1.97 bits per heavy atom. The molecule has 7 nitrogen and oxygen atoms in total. The minimum atomic E-state index is -0.904. The third kappa shape index (κ3) is 4.72. The maximum absolute atomic E-state index is 13.4. The molecule has 1 aliphatic carbocycles. The van der Waals surface area contributed by atoms with Crippen LogP contribution in [0.2, 0.25) is 0 Å². The van der Waals surface area contributed by atoms with Gasteiger partial charge < -0.3 is 15.0 Å². The van der Waals surface area contributed by atoms with Gasteiger partial charge in [0.25, 0.3) is 5.91 Å². The minimum absolute atomic E-state index is 0.0688. The van der Waals surface area contributed by atoms with E-state index in [1.165, 1.54) is 19.2 Å². The van der Waals surface area contributed by atoms with Gasteiger partial charge in [-0.25, -0.2) is 4.39 Å². The Morgan fingerprint density at radius 1 is 1.23 bits per heavy atom. The molecule has 2 aromatic carbocycles. The van der Waals surface area contributed by atoms with Crippen LogP contribution in [0.1, 0.15) is 40.5 Å². The van der Waals surface area contributed by atoms with Crippen molar-refractivity contribution in [1.29, 1.82) is 0 Å². The van der Waals surface area contributed by atoms with Crippen LogP contribution in [0.5, 0.6) is 5.75 Å². The summed E-state index contributed by atoms with van der Waals surface area (Å²) < 4.78 is 22.5. The summed E-state index contributed by atoms with van der Waals surface area (Å²) in [6, 6.07) is 12.1. The molecule has 2 amide bonds. The van der Waals surface area contributed by atoms with Gasteiger partial charge in [0.05, 0.1) is 7.11 Å². The standard InChI is InChI=1S/C22H21FN4O3S/c1-30-19-5-3-2-4-17(19)20(21(28)24-12-14-6-8-15(23)9-7-14)27(16-10-11-16)22(29)18-13-31-26-25-18/h2-9,13,16,20H,10-12H2,1H3,(H,24,28)/t20-/m0/s1. The van der Waals surface area contributed by atoms with Crippen LogP contribution in [0.15, 0.2) is 53.9 Å². The Hall–Kier alpha value is -3.33.